The number of nitrogens with one attached hydrogen (secondary N) is 1. The van der Waals surface area contributed by atoms with Crippen molar-refractivity contribution in [3.05, 3.63) is 41.5 Å². The number of aliphatic hydroxyl groups is 1. The van der Waals surface area contributed by atoms with Crippen LogP contribution in [-0.2, 0) is 10.0 Å². The standard InChI is InChI=1S/C19H20N2O7S/c1-25-15-9-14-12(17(26-2)18(15)27-3)8-11(10-28-14)19(22)21-13-6-4-5-7-16(13)29(20,23)24/h4-9H,10H2,1-3H3,(H,21,22)(H2,20,23,24)/p+1. The zero-order chi connectivity index (χ0) is 21.2. The number of methoxy groups -OCH3 is 3. The van der Waals surface area contributed by atoms with Crippen molar-refractivity contribution < 1.29 is 37.5 Å². The topological polar surface area (TPSA) is 131 Å². The first-order valence-electron chi connectivity index (χ1n) is 8.41. The van der Waals surface area contributed by atoms with Crippen molar-refractivity contribution in [2.45, 2.75) is 4.90 Å². The maximum Gasteiger partial charge on any atom is 0.370 e. The SMILES string of the molecule is COc1cc2c(c(OC)c1OC)C=C(C(O)=[NH+]c1ccccc1S(N)(=O)=O)CO2. The maximum absolute atomic E-state index is 11.8. The van der Waals surface area contributed by atoms with Gasteiger partial charge < -0.3 is 24.1 Å². The normalized spacial score (nSPS) is 13.8. The first kappa shape index (κ1) is 20.5. The second-order valence-corrected chi connectivity index (χ2v) is 7.56. The summed E-state index contributed by atoms with van der Waals surface area (Å²) in [7, 11) is 0.485. The van der Waals surface area contributed by atoms with E-state index >= 15 is 0 Å². The third-order valence-corrected chi connectivity index (χ3v) is 5.25. The second kappa shape index (κ2) is 8.02. The van der Waals surface area contributed by atoms with Crippen LogP contribution in [0.15, 0.2) is 40.8 Å². The first-order chi connectivity index (χ1) is 13.8. The van der Waals surface area contributed by atoms with Crippen LogP contribution < -0.4 is 29.1 Å². The van der Waals surface area contributed by atoms with Crippen molar-refractivity contribution in [2.75, 3.05) is 27.9 Å². The lowest BCUT2D eigenvalue weighted by Gasteiger charge is -2.21. The molecule has 0 unspecified atom stereocenters. The van der Waals surface area contributed by atoms with E-state index < -0.39 is 10.0 Å². The molecule has 3 rings (SSSR count). The molecule has 0 saturated carbocycles. The molecule has 0 amide bonds. The highest BCUT2D eigenvalue weighted by Gasteiger charge is 2.27. The smallest absolute Gasteiger partial charge is 0.370 e. The van der Waals surface area contributed by atoms with E-state index in [4.69, 9.17) is 24.1 Å². The molecule has 2 aromatic rings. The Bertz CT molecular complexity index is 1110. The van der Waals surface area contributed by atoms with Crippen molar-refractivity contribution >= 4 is 27.7 Å². The van der Waals surface area contributed by atoms with Gasteiger partial charge in [-0.25, -0.2) is 13.6 Å². The summed E-state index contributed by atoms with van der Waals surface area (Å²) in [4.78, 5) is 2.53. The molecule has 29 heavy (non-hydrogen) atoms. The predicted molar refractivity (Wildman–Crippen MR) is 106 cm³/mol. The van der Waals surface area contributed by atoms with Gasteiger partial charge in [-0.3, -0.25) is 0 Å². The Morgan fingerprint density at radius 1 is 1.14 bits per heavy atom. The molecule has 0 spiro atoms. The summed E-state index contributed by atoms with van der Waals surface area (Å²) in [6.45, 7) is 0.0298. The largest absolute Gasteiger partial charge is 0.493 e. The number of ether oxygens (including phenoxy) is 4. The number of fused-ring (bicyclic) bond motifs is 1. The monoisotopic (exact) mass is 421 g/mol. The molecule has 2 aromatic carbocycles. The zero-order valence-electron chi connectivity index (χ0n) is 16.1. The van der Waals surface area contributed by atoms with Crippen molar-refractivity contribution in [1.29, 1.82) is 0 Å². The molecule has 4 N–H and O–H groups in total. The van der Waals surface area contributed by atoms with E-state index in [-0.39, 0.29) is 23.1 Å². The minimum absolute atomic E-state index is 0.0298. The van der Waals surface area contributed by atoms with Gasteiger partial charge in [0, 0.05) is 12.1 Å². The lowest BCUT2D eigenvalue weighted by atomic mass is 10.0. The summed E-state index contributed by atoms with van der Waals surface area (Å²) in [5.41, 5.74) is 1.05. The second-order valence-electron chi connectivity index (χ2n) is 6.03. The molecule has 0 bridgehead atoms. The van der Waals surface area contributed by atoms with E-state index in [1.54, 1.807) is 18.2 Å². The molecule has 0 aromatic heterocycles. The number of benzene rings is 2. The minimum Gasteiger partial charge on any atom is -0.493 e. The third-order valence-electron chi connectivity index (χ3n) is 4.28. The van der Waals surface area contributed by atoms with Crippen molar-refractivity contribution in [3.63, 3.8) is 0 Å². The van der Waals surface area contributed by atoms with Gasteiger partial charge >= 0.3 is 5.90 Å². The summed E-state index contributed by atoms with van der Waals surface area (Å²) in [6.07, 6.45) is 1.65. The van der Waals surface area contributed by atoms with Crippen molar-refractivity contribution in [2.24, 2.45) is 5.14 Å². The number of hydrogen-bond acceptors (Lipinski definition) is 6. The molecule has 0 radical (unpaired) electrons. The van der Waals surface area contributed by atoms with Crippen molar-refractivity contribution in [1.82, 2.24) is 0 Å². The number of sulfonamides is 1. The lowest BCUT2D eigenvalue weighted by molar-refractivity contribution is -0.368. The fourth-order valence-corrected chi connectivity index (χ4v) is 3.64. The molecule has 1 heterocycles. The van der Waals surface area contributed by atoms with E-state index in [0.717, 1.165) is 0 Å². The number of para-hydroxylation sites is 1. The van der Waals surface area contributed by atoms with Gasteiger partial charge in [0.15, 0.2) is 16.4 Å². The van der Waals surface area contributed by atoms with Gasteiger partial charge in [-0.15, -0.1) is 0 Å². The zero-order valence-corrected chi connectivity index (χ0v) is 16.9. The third kappa shape index (κ3) is 3.98. The molecule has 154 valence electrons. The van der Waals surface area contributed by atoms with Crippen molar-refractivity contribution in [3.8, 4) is 23.0 Å². The average molecular weight is 421 g/mol. The van der Waals surface area contributed by atoms with Crippen LogP contribution in [0.4, 0.5) is 5.69 Å². The van der Waals surface area contributed by atoms with Crippen LogP contribution in [0.2, 0.25) is 0 Å². The molecule has 1 aliphatic rings. The molecule has 10 heteroatoms. The van der Waals surface area contributed by atoms with Gasteiger partial charge in [-0.05, 0) is 12.1 Å². The number of hydrogen-bond donors (Lipinski definition) is 3. The Labute approximate surface area is 168 Å². The molecule has 9 nitrogen and oxygen atoms in total. The van der Waals surface area contributed by atoms with Crippen LogP contribution in [0.5, 0.6) is 23.0 Å². The molecule has 0 aliphatic carbocycles. The van der Waals surface area contributed by atoms with E-state index in [2.05, 4.69) is 4.99 Å². The first-order valence-corrected chi connectivity index (χ1v) is 9.96. The quantitative estimate of drug-likeness (QED) is 0.457. The van der Waals surface area contributed by atoms with Crippen LogP contribution >= 0.6 is 0 Å². The van der Waals surface area contributed by atoms with Gasteiger partial charge in [0.25, 0.3) is 0 Å². The van der Waals surface area contributed by atoms with E-state index in [1.165, 1.54) is 39.5 Å². The predicted octanol–water partition coefficient (Wildman–Crippen LogP) is 0.504. The number of rotatable bonds is 6. The molecular weight excluding hydrogens is 400 g/mol. The molecule has 1 aliphatic heterocycles. The van der Waals surface area contributed by atoms with Crippen LogP contribution in [-0.4, -0.2) is 47.4 Å². The van der Waals surface area contributed by atoms with Crippen LogP contribution in [0.3, 0.4) is 0 Å². The van der Waals surface area contributed by atoms with Gasteiger partial charge in [0.2, 0.25) is 21.5 Å². The highest BCUT2D eigenvalue weighted by Crippen LogP contribution is 2.47. The molecule has 0 fully saturated rings. The molecular formula is C19H21N2O7S+. The van der Waals surface area contributed by atoms with Crippen LogP contribution in [0.25, 0.3) is 6.08 Å². The Hall–Kier alpha value is -3.24. The van der Waals surface area contributed by atoms with Crippen LogP contribution in [0, 0.1) is 0 Å². The fraction of sp³-hybridized carbons (Fsp3) is 0.211. The molecule has 0 atom stereocenters. The summed E-state index contributed by atoms with van der Waals surface area (Å²) < 4.78 is 45.4. The lowest BCUT2D eigenvalue weighted by Crippen LogP contribution is -2.68. The van der Waals surface area contributed by atoms with Gasteiger partial charge in [-0.2, -0.15) is 4.99 Å². The van der Waals surface area contributed by atoms with E-state index in [1.807, 2.05) is 0 Å². The number of aliphatic hydroxyl groups excluding tert-OH is 1. The van der Waals surface area contributed by atoms with E-state index in [0.29, 0.717) is 34.1 Å². The summed E-state index contributed by atoms with van der Waals surface area (Å²) in [5, 5.41) is 15.8. The van der Waals surface area contributed by atoms with E-state index in [9.17, 15) is 13.5 Å². The minimum atomic E-state index is -3.97. The highest BCUT2D eigenvalue weighted by molar-refractivity contribution is 7.89. The Balaban J connectivity index is 2.10. The molecule has 0 saturated heterocycles. The summed E-state index contributed by atoms with van der Waals surface area (Å²) in [6, 6.07) is 7.64. The Morgan fingerprint density at radius 2 is 1.83 bits per heavy atom. The number of nitrogens with two attached hydrogens (primary N) is 1. The average Bonchev–Trinajstić information content (AvgIpc) is 2.71. The number of primary sulfonamides is 1. The fourth-order valence-electron chi connectivity index (χ4n) is 2.95. The summed E-state index contributed by atoms with van der Waals surface area (Å²) >= 11 is 0. The highest BCUT2D eigenvalue weighted by atomic mass is 32.2. The van der Waals surface area contributed by atoms with Crippen LogP contribution in [0.1, 0.15) is 5.56 Å². The summed E-state index contributed by atoms with van der Waals surface area (Å²) in [5.74, 6) is 1.39. The van der Waals surface area contributed by atoms with Gasteiger partial charge in [0.1, 0.15) is 17.9 Å². The van der Waals surface area contributed by atoms with Gasteiger partial charge in [0.05, 0.1) is 26.9 Å². The Morgan fingerprint density at radius 3 is 2.45 bits per heavy atom. The van der Waals surface area contributed by atoms with Gasteiger partial charge in [-0.1, -0.05) is 12.1 Å². The maximum atomic E-state index is 11.8. The Kier molecular flexibility index (Phi) is 5.66.